The average Bonchev–Trinajstić information content (AvgIpc) is 2.36. The third-order valence-corrected chi connectivity index (χ3v) is 1.79. The highest BCUT2D eigenvalue weighted by Gasteiger charge is 2.17. The second-order valence-electron chi connectivity index (χ2n) is 2.49. The van der Waals surface area contributed by atoms with Crippen molar-refractivity contribution < 1.29 is 5.11 Å². The van der Waals surface area contributed by atoms with Crippen LogP contribution in [0.5, 0.6) is 0 Å². The third kappa shape index (κ3) is 0.724. The van der Waals surface area contributed by atoms with Gasteiger partial charge in [0.2, 0.25) is 0 Å². The summed E-state index contributed by atoms with van der Waals surface area (Å²) in [5.74, 6) is 0.902. The maximum absolute atomic E-state index is 9.31. The molecule has 0 aromatic carbocycles. The van der Waals surface area contributed by atoms with E-state index in [9.17, 15) is 5.11 Å². The molecule has 1 unspecified atom stereocenters. The van der Waals surface area contributed by atoms with E-state index in [-0.39, 0.29) is 0 Å². The van der Waals surface area contributed by atoms with Gasteiger partial charge in [0.25, 0.3) is 0 Å². The van der Waals surface area contributed by atoms with Crippen LogP contribution in [0.25, 0.3) is 0 Å². The molecule has 2 heterocycles. The lowest BCUT2D eigenvalue weighted by molar-refractivity contribution is 0.0646. The van der Waals surface area contributed by atoms with Crippen molar-refractivity contribution in [2.75, 3.05) is 0 Å². The van der Waals surface area contributed by atoms with Crippen molar-refractivity contribution in [3.05, 3.63) is 12.2 Å². The van der Waals surface area contributed by atoms with Crippen LogP contribution in [-0.4, -0.2) is 19.9 Å². The van der Waals surface area contributed by atoms with Gasteiger partial charge in [-0.25, -0.2) is 9.67 Å². The van der Waals surface area contributed by atoms with E-state index in [0.29, 0.717) is 0 Å². The summed E-state index contributed by atoms with van der Waals surface area (Å²) in [7, 11) is 0. The Morgan fingerprint density at radius 2 is 2.60 bits per heavy atom. The van der Waals surface area contributed by atoms with Gasteiger partial charge in [0.1, 0.15) is 18.4 Å². The largest absolute Gasteiger partial charge is 0.372 e. The first kappa shape index (κ1) is 5.85. The number of nitrogens with zero attached hydrogens (tertiary/aromatic N) is 3. The summed E-state index contributed by atoms with van der Waals surface area (Å²) in [5, 5.41) is 13.2. The van der Waals surface area contributed by atoms with E-state index in [2.05, 4.69) is 10.1 Å². The van der Waals surface area contributed by atoms with Gasteiger partial charge in [0.15, 0.2) is 0 Å². The number of fused-ring (bicyclic) bond motifs is 1. The van der Waals surface area contributed by atoms with Crippen molar-refractivity contribution >= 4 is 0 Å². The molecule has 0 bridgehead atoms. The number of rotatable bonds is 0. The van der Waals surface area contributed by atoms with Crippen molar-refractivity contribution in [1.82, 2.24) is 14.8 Å². The fraction of sp³-hybridized carbons (Fsp3) is 0.667. The molecule has 1 aromatic heterocycles. The van der Waals surface area contributed by atoms with E-state index < -0.39 is 6.23 Å². The predicted octanol–water partition coefficient (Wildman–Crippen LogP) is 0.105. The first-order valence-corrected chi connectivity index (χ1v) is 3.44. The van der Waals surface area contributed by atoms with Gasteiger partial charge in [-0.05, 0) is 12.8 Å². The van der Waals surface area contributed by atoms with Gasteiger partial charge < -0.3 is 5.11 Å². The predicted molar refractivity (Wildman–Crippen MR) is 34.2 cm³/mol. The SMILES string of the molecule is OC1CCCc2ncnn21. The maximum atomic E-state index is 9.31. The Bertz CT molecular complexity index is 233. The zero-order valence-corrected chi connectivity index (χ0v) is 5.56. The monoisotopic (exact) mass is 139 g/mol. The fourth-order valence-corrected chi connectivity index (χ4v) is 1.27. The summed E-state index contributed by atoms with van der Waals surface area (Å²) in [5.41, 5.74) is 0. The maximum Gasteiger partial charge on any atom is 0.149 e. The summed E-state index contributed by atoms with van der Waals surface area (Å²) in [6.45, 7) is 0. The van der Waals surface area contributed by atoms with E-state index in [0.717, 1.165) is 25.1 Å². The number of hydrogen-bond acceptors (Lipinski definition) is 3. The number of hydrogen-bond donors (Lipinski definition) is 1. The van der Waals surface area contributed by atoms with Gasteiger partial charge in [-0.15, -0.1) is 0 Å². The van der Waals surface area contributed by atoms with Gasteiger partial charge >= 0.3 is 0 Å². The minimum absolute atomic E-state index is 0.439. The van der Waals surface area contributed by atoms with Crippen LogP contribution in [0.4, 0.5) is 0 Å². The Morgan fingerprint density at radius 3 is 3.40 bits per heavy atom. The summed E-state index contributed by atoms with van der Waals surface area (Å²) in [6, 6.07) is 0. The molecular weight excluding hydrogens is 130 g/mol. The quantitative estimate of drug-likeness (QED) is 0.554. The molecule has 4 heteroatoms. The number of aromatic nitrogens is 3. The molecule has 10 heavy (non-hydrogen) atoms. The van der Waals surface area contributed by atoms with Crippen LogP contribution in [0.3, 0.4) is 0 Å². The lowest BCUT2D eigenvalue weighted by Gasteiger charge is -2.17. The van der Waals surface area contributed by atoms with Gasteiger partial charge in [-0.1, -0.05) is 0 Å². The summed E-state index contributed by atoms with van der Waals surface area (Å²) in [4.78, 5) is 4.00. The lowest BCUT2D eigenvalue weighted by atomic mass is 10.1. The van der Waals surface area contributed by atoms with Gasteiger partial charge in [-0.2, -0.15) is 5.10 Å². The Hall–Kier alpha value is -0.900. The molecule has 1 N–H and O–H groups in total. The summed E-state index contributed by atoms with van der Waals surface area (Å²) in [6.07, 6.45) is 3.81. The molecular formula is C6H9N3O. The number of aliphatic hydroxyl groups excluding tert-OH is 1. The molecule has 0 spiro atoms. The second kappa shape index (κ2) is 2.05. The fourth-order valence-electron chi connectivity index (χ4n) is 1.27. The van der Waals surface area contributed by atoms with E-state index in [1.54, 1.807) is 4.68 Å². The third-order valence-electron chi connectivity index (χ3n) is 1.79. The molecule has 0 amide bonds. The number of aryl methyl sites for hydroxylation is 1. The highest BCUT2D eigenvalue weighted by Crippen LogP contribution is 2.18. The zero-order valence-electron chi connectivity index (χ0n) is 5.56. The van der Waals surface area contributed by atoms with Crippen LogP contribution in [0.1, 0.15) is 24.9 Å². The summed E-state index contributed by atoms with van der Waals surface area (Å²) >= 11 is 0. The topological polar surface area (TPSA) is 50.9 Å². The van der Waals surface area contributed by atoms with E-state index in [1.807, 2.05) is 0 Å². The van der Waals surface area contributed by atoms with Crippen LogP contribution in [0.15, 0.2) is 6.33 Å². The Balaban J connectivity index is 2.41. The molecule has 1 aliphatic rings. The minimum Gasteiger partial charge on any atom is -0.372 e. The van der Waals surface area contributed by atoms with Crippen LogP contribution in [0, 0.1) is 0 Å². The van der Waals surface area contributed by atoms with Crippen LogP contribution < -0.4 is 0 Å². The zero-order chi connectivity index (χ0) is 6.97. The summed E-state index contributed by atoms with van der Waals surface area (Å²) < 4.78 is 1.59. The van der Waals surface area contributed by atoms with Gasteiger partial charge in [0, 0.05) is 6.42 Å². The molecule has 4 nitrogen and oxygen atoms in total. The molecule has 0 saturated heterocycles. The van der Waals surface area contributed by atoms with Crippen molar-refractivity contribution in [2.45, 2.75) is 25.5 Å². The average molecular weight is 139 g/mol. The van der Waals surface area contributed by atoms with Crippen LogP contribution in [-0.2, 0) is 6.42 Å². The van der Waals surface area contributed by atoms with Crippen molar-refractivity contribution in [1.29, 1.82) is 0 Å². The molecule has 0 fully saturated rings. The smallest absolute Gasteiger partial charge is 0.149 e. The number of aliphatic hydroxyl groups is 1. The van der Waals surface area contributed by atoms with Crippen molar-refractivity contribution in [2.24, 2.45) is 0 Å². The van der Waals surface area contributed by atoms with E-state index >= 15 is 0 Å². The minimum atomic E-state index is -0.439. The van der Waals surface area contributed by atoms with Crippen LogP contribution in [0.2, 0.25) is 0 Å². The first-order valence-electron chi connectivity index (χ1n) is 3.44. The molecule has 54 valence electrons. The van der Waals surface area contributed by atoms with Crippen molar-refractivity contribution in [3.8, 4) is 0 Å². The molecule has 1 atom stereocenters. The van der Waals surface area contributed by atoms with Crippen molar-refractivity contribution in [3.63, 3.8) is 0 Å². The Labute approximate surface area is 58.5 Å². The lowest BCUT2D eigenvalue weighted by Crippen LogP contribution is -2.18. The van der Waals surface area contributed by atoms with E-state index in [4.69, 9.17) is 0 Å². The van der Waals surface area contributed by atoms with Crippen LogP contribution >= 0.6 is 0 Å². The molecule has 0 saturated carbocycles. The highest BCUT2D eigenvalue weighted by molar-refractivity contribution is 4.89. The van der Waals surface area contributed by atoms with Gasteiger partial charge in [-0.3, -0.25) is 0 Å². The highest BCUT2D eigenvalue weighted by atomic mass is 16.3. The second-order valence-corrected chi connectivity index (χ2v) is 2.49. The first-order chi connectivity index (χ1) is 4.88. The normalized spacial score (nSPS) is 24.3. The molecule has 0 aliphatic carbocycles. The molecule has 1 aliphatic heterocycles. The van der Waals surface area contributed by atoms with E-state index in [1.165, 1.54) is 6.33 Å². The molecule has 2 rings (SSSR count). The van der Waals surface area contributed by atoms with Gasteiger partial charge in [0.05, 0.1) is 0 Å². The standard InChI is InChI=1S/C6H9N3O/c10-6-3-1-2-5-7-4-8-9(5)6/h4,6,10H,1-3H2. The molecule has 1 aromatic rings. The molecule has 0 radical (unpaired) electrons. The Kier molecular flexibility index (Phi) is 1.20. The Morgan fingerprint density at radius 1 is 1.70 bits per heavy atom.